The highest BCUT2D eigenvalue weighted by Crippen LogP contribution is 2.37. The van der Waals surface area contributed by atoms with Crippen LogP contribution in [0.15, 0.2) is 48.4 Å². The molecular weight excluding hydrogens is 324 g/mol. The van der Waals surface area contributed by atoms with Gasteiger partial charge in [0, 0.05) is 30.2 Å². The first kappa shape index (κ1) is 14.8. The summed E-state index contributed by atoms with van der Waals surface area (Å²) < 4.78 is 15.0. The third kappa shape index (κ3) is 2.43. The van der Waals surface area contributed by atoms with E-state index in [1.807, 2.05) is 46.6 Å². The molecule has 0 aliphatic carbocycles. The molecule has 3 aromatic heterocycles. The number of methoxy groups -OCH3 is 2. The SMILES string of the molecule is COc1cccc(-c2nccn2Cc2cn3ccsc3n2)c1OC. The van der Waals surface area contributed by atoms with Gasteiger partial charge in [0.15, 0.2) is 16.5 Å². The minimum Gasteiger partial charge on any atom is -0.493 e. The minimum absolute atomic E-state index is 0.643. The number of rotatable bonds is 5. The Bertz CT molecular complexity index is 957. The summed E-state index contributed by atoms with van der Waals surface area (Å²) in [5.41, 5.74) is 1.88. The fourth-order valence-electron chi connectivity index (χ4n) is 2.77. The Morgan fingerprint density at radius 1 is 1.17 bits per heavy atom. The molecule has 0 bridgehead atoms. The van der Waals surface area contributed by atoms with E-state index in [1.165, 1.54) is 0 Å². The molecule has 0 radical (unpaired) electrons. The molecule has 122 valence electrons. The summed E-state index contributed by atoms with van der Waals surface area (Å²) in [5, 5.41) is 2.02. The molecule has 0 aliphatic rings. The number of hydrogen-bond acceptors (Lipinski definition) is 5. The van der Waals surface area contributed by atoms with Crippen LogP contribution in [0.4, 0.5) is 0 Å². The van der Waals surface area contributed by atoms with E-state index < -0.39 is 0 Å². The molecule has 0 saturated heterocycles. The molecule has 4 aromatic rings. The van der Waals surface area contributed by atoms with E-state index in [0.717, 1.165) is 22.0 Å². The standard InChI is InChI=1S/C17H16N4O2S/c1-22-14-5-3-4-13(15(14)23-2)16-18-6-7-20(16)10-12-11-21-8-9-24-17(21)19-12/h3-9,11H,10H2,1-2H3. The Hall–Kier alpha value is -2.80. The summed E-state index contributed by atoms with van der Waals surface area (Å²) >= 11 is 1.62. The second-order valence-corrected chi connectivity index (χ2v) is 6.12. The molecule has 0 saturated carbocycles. The largest absolute Gasteiger partial charge is 0.493 e. The number of imidazole rings is 2. The van der Waals surface area contributed by atoms with Crippen molar-refractivity contribution < 1.29 is 9.47 Å². The van der Waals surface area contributed by atoms with Gasteiger partial charge in [-0.3, -0.25) is 4.40 Å². The van der Waals surface area contributed by atoms with E-state index in [2.05, 4.69) is 14.5 Å². The van der Waals surface area contributed by atoms with Crippen molar-refractivity contribution in [1.29, 1.82) is 0 Å². The highest BCUT2D eigenvalue weighted by Gasteiger charge is 2.16. The maximum atomic E-state index is 5.54. The summed E-state index contributed by atoms with van der Waals surface area (Å²) in [6, 6.07) is 5.79. The van der Waals surface area contributed by atoms with Gasteiger partial charge in [-0.2, -0.15) is 0 Å². The van der Waals surface area contributed by atoms with Gasteiger partial charge < -0.3 is 14.0 Å². The molecule has 0 amide bonds. The van der Waals surface area contributed by atoms with Crippen LogP contribution in [0.25, 0.3) is 16.3 Å². The first-order valence-electron chi connectivity index (χ1n) is 7.43. The Morgan fingerprint density at radius 3 is 2.88 bits per heavy atom. The van der Waals surface area contributed by atoms with Gasteiger partial charge in [-0.1, -0.05) is 6.07 Å². The van der Waals surface area contributed by atoms with Crippen LogP contribution in [0.5, 0.6) is 11.5 Å². The molecule has 3 heterocycles. The van der Waals surface area contributed by atoms with Crippen LogP contribution in [-0.4, -0.2) is 33.2 Å². The van der Waals surface area contributed by atoms with Crippen LogP contribution >= 0.6 is 11.3 Å². The molecule has 7 heteroatoms. The molecule has 0 spiro atoms. The Balaban J connectivity index is 1.74. The van der Waals surface area contributed by atoms with E-state index in [0.29, 0.717) is 18.0 Å². The second-order valence-electron chi connectivity index (χ2n) is 5.24. The average Bonchev–Trinajstić information content (AvgIpc) is 3.30. The van der Waals surface area contributed by atoms with Crippen LogP contribution in [0, 0.1) is 0 Å². The number of nitrogens with zero attached hydrogens (tertiary/aromatic N) is 4. The highest BCUT2D eigenvalue weighted by molar-refractivity contribution is 7.15. The number of fused-ring (bicyclic) bond motifs is 1. The maximum absolute atomic E-state index is 5.54. The molecule has 4 rings (SSSR count). The lowest BCUT2D eigenvalue weighted by molar-refractivity contribution is 0.356. The zero-order valence-electron chi connectivity index (χ0n) is 13.3. The van der Waals surface area contributed by atoms with Crippen LogP contribution in [0.1, 0.15) is 5.69 Å². The number of benzene rings is 1. The zero-order valence-corrected chi connectivity index (χ0v) is 14.2. The summed E-state index contributed by atoms with van der Waals surface area (Å²) in [5.74, 6) is 2.19. The van der Waals surface area contributed by atoms with Gasteiger partial charge in [-0.05, 0) is 12.1 Å². The van der Waals surface area contributed by atoms with E-state index in [9.17, 15) is 0 Å². The van der Waals surface area contributed by atoms with Crippen LogP contribution in [-0.2, 0) is 6.54 Å². The topological polar surface area (TPSA) is 53.6 Å². The van der Waals surface area contributed by atoms with E-state index >= 15 is 0 Å². The molecule has 0 atom stereocenters. The Morgan fingerprint density at radius 2 is 2.08 bits per heavy atom. The van der Waals surface area contributed by atoms with Crippen molar-refractivity contribution in [2.45, 2.75) is 6.54 Å². The molecular formula is C17H16N4O2S. The van der Waals surface area contributed by atoms with Crippen LogP contribution < -0.4 is 9.47 Å². The highest BCUT2D eigenvalue weighted by atomic mass is 32.1. The van der Waals surface area contributed by atoms with Crippen molar-refractivity contribution in [3.05, 3.63) is 54.1 Å². The lowest BCUT2D eigenvalue weighted by Crippen LogP contribution is -2.03. The third-order valence-corrected chi connectivity index (χ3v) is 4.61. The van der Waals surface area contributed by atoms with Crippen molar-refractivity contribution in [2.24, 2.45) is 0 Å². The quantitative estimate of drug-likeness (QED) is 0.559. The number of para-hydroxylation sites is 1. The smallest absolute Gasteiger partial charge is 0.193 e. The lowest BCUT2D eigenvalue weighted by Gasteiger charge is -2.13. The summed E-state index contributed by atoms with van der Waals surface area (Å²) in [6.07, 6.45) is 7.78. The minimum atomic E-state index is 0.643. The maximum Gasteiger partial charge on any atom is 0.193 e. The van der Waals surface area contributed by atoms with Gasteiger partial charge in [0.2, 0.25) is 0 Å². The van der Waals surface area contributed by atoms with Gasteiger partial charge in [0.25, 0.3) is 0 Å². The summed E-state index contributed by atoms with van der Waals surface area (Å²) in [4.78, 5) is 10.1. The van der Waals surface area contributed by atoms with Gasteiger partial charge >= 0.3 is 0 Å². The normalized spacial score (nSPS) is 11.1. The van der Waals surface area contributed by atoms with Gasteiger partial charge in [0.1, 0.15) is 5.82 Å². The van der Waals surface area contributed by atoms with Gasteiger partial charge in [0.05, 0.1) is 32.0 Å². The molecule has 0 N–H and O–H groups in total. The summed E-state index contributed by atoms with van der Waals surface area (Å²) in [6.45, 7) is 0.643. The van der Waals surface area contributed by atoms with E-state index in [4.69, 9.17) is 9.47 Å². The van der Waals surface area contributed by atoms with E-state index in [-0.39, 0.29) is 0 Å². The summed E-state index contributed by atoms with van der Waals surface area (Å²) in [7, 11) is 3.27. The van der Waals surface area contributed by atoms with Crippen molar-refractivity contribution in [2.75, 3.05) is 14.2 Å². The van der Waals surface area contributed by atoms with Gasteiger partial charge in [-0.25, -0.2) is 9.97 Å². The predicted octanol–water partition coefficient (Wildman–Crippen LogP) is 3.32. The molecule has 0 unspecified atom stereocenters. The monoisotopic (exact) mass is 340 g/mol. The average molecular weight is 340 g/mol. The molecule has 0 aliphatic heterocycles. The number of thiazole rings is 1. The first-order chi connectivity index (χ1) is 11.8. The molecule has 0 fully saturated rings. The molecule has 24 heavy (non-hydrogen) atoms. The van der Waals surface area contributed by atoms with Gasteiger partial charge in [-0.15, -0.1) is 11.3 Å². The first-order valence-corrected chi connectivity index (χ1v) is 8.31. The predicted molar refractivity (Wildman–Crippen MR) is 92.9 cm³/mol. The van der Waals surface area contributed by atoms with Crippen LogP contribution in [0.3, 0.4) is 0 Å². The van der Waals surface area contributed by atoms with Crippen molar-refractivity contribution >= 4 is 16.3 Å². The van der Waals surface area contributed by atoms with Crippen molar-refractivity contribution in [3.8, 4) is 22.9 Å². The van der Waals surface area contributed by atoms with Crippen molar-refractivity contribution in [1.82, 2.24) is 18.9 Å². The molecule has 1 aromatic carbocycles. The Kier molecular flexibility index (Phi) is 3.70. The second kappa shape index (κ2) is 6.01. The fourth-order valence-corrected chi connectivity index (χ4v) is 3.49. The Labute approximate surface area is 142 Å². The fraction of sp³-hybridized carbons (Fsp3) is 0.176. The number of hydrogen-bond donors (Lipinski definition) is 0. The van der Waals surface area contributed by atoms with Crippen molar-refractivity contribution in [3.63, 3.8) is 0 Å². The van der Waals surface area contributed by atoms with E-state index in [1.54, 1.807) is 31.8 Å². The number of aromatic nitrogens is 4. The molecule has 6 nitrogen and oxygen atoms in total. The lowest BCUT2D eigenvalue weighted by atomic mass is 10.1. The number of ether oxygens (including phenoxy) is 2. The third-order valence-electron chi connectivity index (χ3n) is 3.83. The zero-order chi connectivity index (χ0) is 16.5. The van der Waals surface area contributed by atoms with Crippen LogP contribution in [0.2, 0.25) is 0 Å².